The van der Waals surface area contributed by atoms with Gasteiger partial charge >= 0.3 is 12.2 Å². The molecule has 3 fully saturated rings. The SMILES string of the molecule is CC(C)(C)OC(=O)NC1[C@H]2CN(c3ccc(N4C[C@H](COS(C)(=O)=O)OC4=O)cc3F)C[C@@H]12. The van der Waals surface area contributed by atoms with E-state index in [1.165, 1.54) is 11.0 Å². The summed E-state index contributed by atoms with van der Waals surface area (Å²) in [5.41, 5.74) is 0.177. The van der Waals surface area contributed by atoms with Gasteiger partial charge in [0, 0.05) is 31.0 Å². The molecule has 4 atom stereocenters. The van der Waals surface area contributed by atoms with E-state index in [0.717, 1.165) is 6.26 Å². The molecule has 0 radical (unpaired) electrons. The van der Waals surface area contributed by atoms with E-state index in [-0.39, 0.29) is 31.0 Å². The third kappa shape index (κ3) is 5.49. The molecule has 1 aromatic carbocycles. The number of cyclic esters (lactones) is 1. The third-order valence-corrected chi connectivity index (χ3v) is 6.37. The highest BCUT2D eigenvalue weighted by molar-refractivity contribution is 7.85. The van der Waals surface area contributed by atoms with Crippen molar-refractivity contribution in [1.82, 2.24) is 5.32 Å². The minimum Gasteiger partial charge on any atom is -0.444 e. The summed E-state index contributed by atoms with van der Waals surface area (Å²) < 4.78 is 52.2. The van der Waals surface area contributed by atoms with Gasteiger partial charge in [0.05, 0.1) is 24.2 Å². The summed E-state index contributed by atoms with van der Waals surface area (Å²) in [5.74, 6) is -0.00407. The Kier molecular flexibility index (Phi) is 5.94. The smallest absolute Gasteiger partial charge is 0.414 e. The minimum absolute atomic E-state index is 0.0314. The van der Waals surface area contributed by atoms with Crippen molar-refractivity contribution in [3.63, 3.8) is 0 Å². The van der Waals surface area contributed by atoms with Crippen molar-refractivity contribution in [1.29, 1.82) is 0 Å². The largest absolute Gasteiger partial charge is 0.444 e. The minimum atomic E-state index is -3.66. The molecule has 1 aromatic rings. The van der Waals surface area contributed by atoms with E-state index in [1.54, 1.807) is 32.9 Å². The molecule has 4 rings (SSSR count). The van der Waals surface area contributed by atoms with Gasteiger partial charge in [-0.25, -0.2) is 14.0 Å². The van der Waals surface area contributed by atoms with Crippen molar-refractivity contribution in [3.05, 3.63) is 24.0 Å². The standard InChI is InChI=1S/C21H28FN3O7S/c1-21(2,3)32-19(26)23-18-14-9-24(10-15(14)18)17-6-5-12(7-16(17)22)25-8-13(31-20(25)27)11-30-33(4,28)29/h5-7,13-15,18H,8-11H2,1-4H3,(H,23,26)/t13-,14-,15+,18?/m1/s1. The molecule has 1 saturated carbocycles. The molecule has 2 amide bonds. The van der Waals surface area contributed by atoms with Crippen LogP contribution in [0.3, 0.4) is 0 Å². The fourth-order valence-electron chi connectivity index (χ4n) is 4.32. The van der Waals surface area contributed by atoms with Crippen LogP contribution in [0.15, 0.2) is 18.2 Å². The summed E-state index contributed by atoms with van der Waals surface area (Å²) in [4.78, 5) is 27.3. The Bertz CT molecular complexity index is 1050. The molecule has 2 saturated heterocycles. The number of benzene rings is 1. The lowest BCUT2D eigenvalue weighted by Crippen LogP contribution is -2.38. The lowest BCUT2D eigenvalue weighted by atomic mass is 10.2. The van der Waals surface area contributed by atoms with Crippen LogP contribution in [-0.4, -0.2) is 70.8 Å². The fraction of sp³-hybridized carbons (Fsp3) is 0.619. The zero-order valence-corrected chi connectivity index (χ0v) is 19.7. The molecule has 1 unspecified atom stereocenters. The first-order chi connectivity index (χ1) is 15.3. The van der Waals surface area contributed by atoms with Gasteiger partial charge in [-0.1, -0.05) is 0 Å². The van der Waals surface area contributed by atoms with E-state index in [4.69, 9.17) is 9.47 Å². The first kappa shape index (κ1) is 23.6. The first-order valence-corrected chi connectivity index (χ1v) is 12.5. The van der Waals surface area contributed by atoms with Crippen molar-refractivity contribution in [2.75, 3.05) is 42.3 Å². The number of hydrogen-bond donors (Lipinski definition) is 1. The summed E-state index contributed by atoms with van der Waals surface area (Å²) in [5, 5.41) is 2.89. The summed E-state index contributed by atoms with van der Waals surface area (Å²) in [6.45, 7) is 6.39. The van der Waals surface area contributed by atoms with Gasteiger partial charge in [0.25, 0.3) is 10.1 Å². The molecule has 3 aliphatic rings. The van der Waals surface area contributed by atoms with Crippen LogP contribution >= 0.6 is 0 Å². The molecule has 10 nitrogen and oxygen atoms in total. The molecular formula is C21H28FN3O7S. The van der Waals surface area contributed by atoms with Gasteiger partial charge in [0.2, 0.25) is 0 Å². The molecule has 182 valence electrons. The Morgan fingerprint density at radius 2 is 1.91 bits per heavy atom. The average Bonchev–Trinajstić information content (AvgIpc) is 3.03. The number of fused-ring (bicyclic) bond motifs is 1. The van der Waals surface area contributed by atoms with Crippen LogP contribution in [0.5, 0.6) is 0 Å². The van der Waals surface area contributed by atoms with Crippen LogP contribution < -0.4 is 15.1 Å². The second-order valence-electron chi connectivity index (χ2n) is 9.65. The number of anilines is 2. The van der Waals surface area contributed by atoms with E-state index in [0.29, 0.717) is 24.5 Å². The van der Waals surface area contributed by atoms with Gasteiger partial charge in [-0.05, 0) is 39.0 Å². The van der Waals surface area contributed by atoms with Crippen LogP contribution in [-0.2, 0) is 23.8 Å². The van der Waals surface area contributed by atoms with E-state index < -0.39 is 39.8 Å². The molecule has 2 aliphatic heterocycles. The van der Waals surface area contributed by atoms with Crippen LogP contribution in [0.4, 0.5) is 25.4 Å². The van der Waals surface area contributed by atoms with E-state index in [2.05, 4.69) is 9.50 Å². The number of nitrogens with zero attached hydrogens (tertiary/aromatic N) is 2. The van der Waals surface area contributed by atoms with Crippen LogP contribution in [0.2, 0.25) is 0 Å². The van der Waals surface area contributed by atoms with Crippen molar-refractivity contribution in [2.45, 2.75) is 38.5 Å². The predicted molar refractivity (Wildman–Crippen MR) is 117 cm³/mol. The predicted octanol–water partition coefficient (Wildman–Crippen LogP) is 2.09. The Morgan fingerprint density at radius 3 is 2.48 bits per heavy atom. The van der Waals surface area contributed by atoms with Crippen molar-refractivity contribution >= 4 is 33.7 Å². The molecule has 33 heavy (non-hydrogen) atoms. The zero-order valence-electron chi connectivity index (χ0n) is 18.9. The van der Waals surface area contributed by atoms with Crippen LogP contribution in [0, 0.1) is 17.7 Å². The maximum atomic E-state index is 14.9. The quantitative estimate of drug-likeness (QED) is 0.610. The third-order valence-electron chi connectivity index (χ3n) is 5.80. The summed E-state index contributed by atoms with van der Waals surface area (Å²) in [6.07, 6.45) is -0.993. The Hall–Kier alpha value is -2.60. The van der Waals surface area contributed by atoms with E-state index in [1.807, 2.05) is 4.90 Å². The lowest BCUT2D eigenvalue weighted by molar-refractivity contribution is 0.0518. The number of alkyl carbamates (subject to hydrolysis) is 1. The molecule has 0 spiro atoms. The van der Waals surface area contributed by atoms with Crippen molar-refractivity contribution < 1.29 is 36.1 Å². The second-order valence-corrected chi connectivity index (χ2v) is 11.3. The van der Waals surface area contributed by atoms with Crippen LogP contribution in [0.25, 0.3) is 0 Å². The maximum absolute atomic E-state index is 14.9. The summed E-state index contributed by atoms with van der Waals surface area (Å²) in [7, 11) is -3.66. The number of carbonyl (C=O) groups is 2. The molecule has 0 aromatic heterocycles. The van der Waals surface area contributed by atoms with E-state index >= 15 is 0 Å². The molecule has 2 heterocycles. The Morgan fingerprint density at radius 1 is 1.24 bits per heavy atom. The van der Waals surface area contributed by atoms with Gasteiger partial charge in [0.1, 0.15) is 24.1 Å². The fourth-order valence-corrected chi connectivity index (χ4v) is 4.72. The molecule has 1 aliphatic carbocycles. The Balaban J connectivity index is 1.32. The molecule has 12 heteroatoms. The van der Waals surface area contributed by atoms with E-state index in [9.17, 15) is 22.4 Å². The number of nitrogens with one attached hydrogen (secondary N) is 1. The van der Waals surface area contributed by atoms with Gasteiger partial charge in [-0.2, -0.15) is 8.42 Å². The monoisotopic (exact) mass is 485 g/mol. The Labute approximate surface area is 192 Å². The number of hydrogen-bond acceptors (Lipinski definition) is 8. The highest BCUT2D eigenvalue weighted by Crippen LogP contribution is 2.47. The number of amides is 2. The lowest BCUT2D eigenvalue weighted by Gasteiger charge is -2.25. The number of halogens is 1. The highest BCUT2D eigenvalue weighted by atomic mass is 32.2. The van der Waals surface area contributed by atoms with Crippen molar-refractivity contribution in [3.8, 4) is 0 Å². The number of carbonyl (C=O) groups excluding carboxylic acids is 2. The first-order valence-electron chi connectivity index (χ1n) is 10.7. The highest BCUT2D eigenvalue weighted by Gasteiger charge is 2.57. The van der Waals surface area contributed by atoms with Gasteiger partial charge < -0.3 is 19.7 Å². The molecule has 0 bridgehead atoms. The second kappa shape index (κ2) is 8.32. The normalized spacial score (nSPS) is 26.8. The zero-order chi connectivity index (χ0) is 24.1. The average molecular weight is 486 g/mol. The summed E-state index contributed by atoms with van der Waals surface area (Å²) in [6, 6.07) is 4.53. The molecule has 1 N–H and O–H groups in total. The summed E-state index contributed by atoms with van der Waals surface area (Å²) >= 11 is 0. The van der Waals surface area contributed by atoms with Crippen molar-refractivity contribution in [2.24, 2.45) is 11.8 Å². The van der Waals surface area contributed by atoms with Gasteiger partial charge in [-0.15, -0.1) is 0 Å². The van der Waals surface area contributed by atoms with Crippen LogP contribution in [0.1, 0.15) is 20.8 Å². The maximum Gasteiger partial charge on any atom is 0.414 e. The number of ether oxygens (including phenoxy) is 2. The molecular weight excluding hydrogens is 457 g/mol. The van der Waals surface area contributed by atoms with Gasteiger partial charge in [-0.3, -0.25) is 9.08 Å². The number of piperidine rings is 1. The number of rotatable bonds is 6. The van der Waals surface area contributed by atoms with Gasteiger partial charge in [0.15, 0.2) is 0 Å². The topological polar surface area (TPSA) is 114 Å².